The molecule has 1 aliphatic rings. The second kappa shape index (κ2) is 5.32. The number of halogens is 3. The van der Waals surface area contributed by atoms with Crippen molar-refractivity contribution in [1.82, 2.24) is 0 Å². The number of nitrogens with zero attached hydrogens (tertiary/aromatic N) is 1. The first-order chi connectivity index (χ1) is 9.34. The number of rotatable bonds is 3. The van der Waals surface area contributed by atoms with E-state index in [-0.39, 0.29) is 12.1 Å². The monoisotopic (exact) mass is 287 g/mol. The van der Waals surface area contributed by atoms with E-state index in [0.29, 0.717) is 18.7 Å². The van der Waals surface area contributed by atoms with Crippen LogP contribution in [-0.2, 0) is 17.5 Å². The first-order valence-corrected chi connectivity index (χ1v) is 6.30. The topological polar surface area (TPSA) is 72.3 Å². The summed E-state index contributed by atoms with van der Waals surface area (Å²) in [5.41, 5.74) is 10.3. The number of benzene rings is 1. The highest BCUT2D eigenvalue weighted by Gasteiger charge is 2.35. The van der Waals surface area contributed by atoms with Crippen LogP contribution in [0.15, 0.2) is 18.2 Å². The van der Waals surface area contributed by atoms with Crippen molar-refractivity contribution in [2.24, 2.45) is 11.5 Å². The molecule has 20 heavy (non-hydrogen) atoms. The standard InChI is InChI=1S/C13H16F3N3O/c14-13(15,16)10-6-9(4-3-8(10)7-17)19-5-1-2-11(19)12(18)20/h3-4,6,11H,1-2,5,7,17H2,(H2,18,20). The lowest BCUT2D eigenvalue weighted by Gasteiger charge is -2.26. The highest BCUT2D eigenvalue weighted by Crippen LogP contribution is 2.36. The number of carbonyl (C=O) groups excluding carboxylic acids is 1. The SMILES string of the molecule is NCc1ccc(N2CCCC2C(N)=O)cc1C(F)(F)F. The van der Waals surface area contributed by atoms with Crippen LogP contribution in [0.2, 0.25) is 0 Å². The van der Waals surface area contributed by atoms with Crippen LogP contribution in [0.4, 0.5) is 18.9 Å². The zero-order valence-corrected chi connectivity index (χ0v) is 10.8. The number of anilines is 1. The zero-order chi connectivity index (χ0) is 14.9. The molecule has 1 aliphatic heterocycles. The van der Waals surface area contributed by atoms with Gasteiger partial charge in [-0.05, 0) is 30.5 Å². The maximum absolute atomic E-state index is 13.0. The molecule has 0 aromatic heterocycles. The van der Waals surface area contributed by atoms with Gasteiger partial charge in [-0.3, -0.25) is 4.79 Å². The highest BCUT2D eigenvalue weighted by atomic mass is 19.4. The van der Waals surface area contributed by atoms with Crippen molar-refractivity contribution < 1.29 is 18.0 Å². The molecule has 1 fully saturated rings. The van der Waals surface area contributed by atoms with Gasteiger partial charge in [-0.2, -0.15) is 13.2 Å². The Hall–Kier alpha value is -1.76. The first kappa shape index (κ1) is 14.6. The summed E-state index contributed by atoms with van der Waals surface area (Å²) in [6, 6.07) is 3.41. The molecule has 0 radical (unpaired) electrons. The van der Waals surface area contributed by atoms with E-state index in [2.05, 4.69) is 0 Å². The zero-order valence-electron chi connectivity index (χ0n) is 10.8. The molecule has 1 aromatic rings. The molecule has 1 amide bonds. The number of primary amides is 1. The van der Waals surface area contributed by atoms with E-state index in [1.807, 2.05) is 0 Å². The maximum Gasteiger partial charge on any atom is 0.416 e. The van der Waals surface area contributed by atoms with Gasteiger partial charge in [0.15, 0.2) is 0 Å². The van der Waals surface area contributed by atoms with E-state index < -0.39 is 23.7 Å². The van der Waals surface area contributed by atoms with Gasteiger partial charge in [0.05, 0.1) is 5.56 Å². The van der Waals surface area contributed by atoms with Gasteiger partial charge in [0.1, 0.15) is 6.04 Å². The number of nitrogens with two attached hydrogens (primary N) is 2. The van der Waals surface area contributed by atoms with Crippen LogP contribution in [0.25, 0.3) is 0 Å². The lowest BCUT2D eigenvalue weighted by molar-refractivity contribution is -0.138. The molecule has 1 saturated heterocycles. The molecule has 1 unspecified atom stereocenters. The molecular formula is C13H16F3N3O. The number of amides is 1. The Kier molecular flexibility index (Phi) is 3.89. The van der Waals surface area contributed by atoms with Gasteiger partial charge in [-0.1, -0.05) is 6.07 Å². The highest BCUT2D eigenvalue weighted by molar-refractivity contribution is 5.84. The minimum Gasteiger partial charge on any atom is -0.368 e. The summed E-state index contributed by atoms with van der Waals surface area (Å²) in [5.74, 6) is -0.515. The third-order valence-electron chi connectivity index (χ3n) is 3.53. The minimum atomic E-state index is -4.47. The average Bonchev–Trinajstić information content (AvgIpc) is 2.86. The molecule has 0 spiro atoms. The van der Waals surface area contributed by atoms with E-state index in [0.717, 1.165) is 12.5 Å². The number of hydrogen-bond acceptors (Lipinski definition) is 3. The summed E-state index contributed by atoms with van der Waals surface area (Å²) in [5, 5.41) is 0. The Labute approximate surface area is 114 Å². The van der Waals surface area contributed by atoms with Crippen molar-refractivity contribution >= 4 is 11.6 Å². The van der Waals surface area contributed by atoms with Crippen molar-refractivity contribution in [2.45, 2.75) is 31.6 Å². The second-order valence-electron chi connectivity index (χ2n) is 4.80. The Bertz CT molecular complexity index is 516. The quantitative estimate of drug-likeness (QED) is 0.887. The molecule has 2 rings (SSSR count). The van der Waals surface area contributed by atoms with Crippen LogP contribution in [0.3, 0.4) is 0 Å². The predicted molar refractivity (Wildman–Crippen MR) is 68.9 cm³/mol. The van der Waals surface area contributed by atoms with Gasteiger partial charge in [-0.25, -0.2) is 0 Å². The Balaban J connectivity index is 2.41. The van der Waals surface area contributed by atoms with E-state index >= 15 is 0 Å². The molecule has 4 nitrogen and oxygen atoms in total. The Morgan fingerprint density at radius 2 is 2.10 bits per heavy atom. The van der Waals surface area contributed by atoms with Crippen LogP contribution < -0.4 is 16.4 Å². The predicted octanol–water partition coefficient (Wildman–Crippen LogP) is 1.62. The fourth-order valence-corrected chi connectivity index (χ4v) is 2.56. The van der Waals surface area contributed by atoms with Crippen molar-refractivity contribution in [2.75, 3.05) is 11.4 Å². The summed E-state index contributed by atoms with van der Waals surface area (Å²) < 4.78 is 39.0. The molecule has 1 atom stereocenters. The van der Waals surface area contributed by atoms with Crippen molar-refractivity contribution in [3.63, 3.8) is 0 Å². The second-order valence-corrected chi connectivity index (χ2v) is 4.80. The molecule has 1 heterocycles. The summed E-state index contributed by atoms with van der Waals surface area (Å²) in [7, 11) is 0. The van der Waals surface area contributed by atoms with Crippen molar-refractivity contribution in [3.05, 3.63) is 29.3 Å². The minimum absolute atomic E-state index is 0.0380. The van der Waals surface area contributed by atoms with E-state index in [9.17, 15) is 18.0 Å². The molecule has 4 N–H and O–H groups in total. The van der Waals surface area contributed by atoms with Crippen LogP contribution in [-0.4, -0.2) is 18.5 Å². The van der Waals surface area contributed by atoms with Crippen LogP contribution >= 0.6 is 0 Å². The Morgan fingerprint density at radius 3 is 2.65 bits per heavy atom. The fourth-order valence-electron chi connectivity index (χ4n) is 2.56. The summed E-state index contributed by atoms with van der Waals surface area (Å²) in [6.45, 7) is 0.335. The molecule has 0 saturated carbocycles. The molecule has 7 heteroatoms. The largest absolute Gasteiger partial charge is 0.416 e. The van der Waals surface area contributed by atoms with Crippen LogP contribution in [0.1, 0.15) is 24.0 Å². The lowest BCUT2D eigenvalue weighted by atomic mass is 10.0. The van der Waals surface area contributed by atoms with E-state index in [4.69, 9.17) is 11.5 Å². The summed E-state index contributed by atoms with van der Waals surface area (Å²) in [6.07, 6.45) is -3.17. The van der Waals surface area contributed by atoms with E-state index in [1.165, 1.54) is 6.07 Å². The van der Waals surface area contributed by atoms with Crippen molar-refractivity contribution in [3.8, 4) is 0 Å². The van der Waals surface area contributed by atoms with E-state index in [1.54, 1.807) is 11.0 Å². The van der Waals surface area contributed by atoms with Gasteiger partial charge >= 0.3 is 6.18 Å². The third kappa shape index (κ3) is 2.72. The van der Waals surface area contributed by atoms with Gasteiger partial charge in [0.2, 0.25) is 5.91 Å². The normalized spacial score (nSPS) is 19.4. The van der Waals surface area contributed by atoms with Crippen LogP contribution in [0, 0.1) is 0 Å². The first-order valence-electron chi connectivity index (χ1n) is 6.30. The van der Waals surface area contributed by atoms with Gasteiger partial charge < -0.3 is 16.4 Å². The maximum atomic E-state index is 13.0. The lowest BCUT2D eigenvalue weighted by Crippen LogP contribution is -2.40. The third-order valence-corrected chi connectivity index (χ3v) is 3.53. The van der Waals surface area contributed by atoms with Gasteiger partial charge in [-0.15, -0.1) is 0 Å². The number of carbonyl (C=O) groups is 1. The van der Waals surface area contributed by atoms with Crippen LogP contribution in [0.5, 0.6) is 0 Å². The Morgan fingerprint density at radius 1 is 1.40 bits per heavy atom. The molecule has 1 aromatic carbocycles. The molecule has 110 valence electrons. The molecular weight excluding hydrogens is 271 g/mol. The summed E-state index contributed by atoms with van der Waals surface area (Å²) in [4.78, 5) is 13.0. The van der Waals surface area contributed by atoms with Gasteiger partial charge in [0.25, 0.3) is 0 Å². The number of alkyl halides is 3. The average molecular weight is 287 g/mol. The smallest absolute Gasteiger partial charge is 0.368 e. The fraction of sp³-hybridized carbons (Fsp3) is 0.462. The van der Waals surface area contributed by atoms with Gasteiger partial charge in [0, 0.05) is 18.8 Å². The molecule has 0 aliphatic carbocycles. The molecule has 0 bridgehead atoms. The number of hydrogen-bond donors (Lipinski definition) is 2. The van der Waals surface area contributed by atoms with Crippen molar-refractivity contribution in [1.29, 1.82) is 0 Å². The summed E-state index contributed by atoms with van der Waals surface area (Å²) >= 11 is 0.